The lowest BCUT2D eigenvalue weighted by Crippen LogP contribution is -2.22. The SMILES string of the molecule is CCCCCCCCC=CCCCCCCCC(=O)OC[C@H](O)CC(F)O[PH](=O)O. The highest BCUT2D eigenvalue weighted by atomic mass is 31.1. The Morgan fingerprint density at radius 2 is 1.50 bits per heavy atom. The summed E-state index contributed by atoms with van der Waals surface area (Å²) in [4.78, 5) is 20.0. The molecule has 2 N–H and O–H groups in total. The minimum absolute atomic E-state index is 0.269. The van der Waals surface area contributed by atoms with Crippen LogP contribution in [0.3, 0.4) is 0 Å². The Labute approximate surface area is 182 Å². The summed E-state index contributed by atoms with van der Waals surface area (Å²) in [5.74, 6) is -0.432. The lowest BCUT2D eigenvalue weighted by atomic mass is 10.1. The average Bonchev–Trinajstić information content (AvgIpc) is 2.68. The van der Waals surface area contributed by atoms with Crippen molar-refractivity contribution >= 4 is 14.2 Å². The summed E-state index contributed by atoms with van der Waals surface area (Å²) < 4.78 is 32.3. The second-order valence-corrected chi connectivity index (χ2v) is 8.47. The third-order valence-electron chi connectivity index (χ3n) is 4.77. The van der Waals surface area contributed by atoms with E-state index < -0.39 is 33.1 Å². The van der Waals surface area contributed by atoms with Gasteiger partial charge in [-0.15, -0.1) is 0 Å². The standard InChI is InChI=1S/C22H42FO6P/c1-2-3-4-5-6-7-8-9-10-11-12-13-14-15-16-17-22(25)28-19-20(24)18-21(23)29-30(26)27/h9-10,20-21,24,30H,2-8,11-19H2,1H3,(H,26,27)/t20-,21?/m1/s1. The van der Waals surface area contributed by atoms with Crippen LogP contribution in [0.25, 0.3) is 0 Å². The predicted octanol–water partition coefficient (Wildman–Crippen LogP) is 6.01. The number of aliphatic hydroxyl groups is 1. The number of allylic oxidation sites excluding steroid dienone is 2. The first-order valence-corrected chi connectivity index (χ1v) is 12.7. The second kappa shape index (κ2) is 21.5. The molecule has 3 atom stereocenters. The first-order chi connectivity index (χ1) is 14.5. The highest BCUT2D eigenvalue weighted by molar-refractivity contribution is 7.32. The molecular weight excluding hydrogens is 410 g/mol. The number of esters is 1. The molecule has 0 aromatic rings. The number of ether oxygens (including phenoxy) is 1. The number of alkyl halides is 1. The molecule has 0 aromatic heterocycles. The zero-order valence-corrected chi connectivity index (χ0v) is 19.5. The third kappa shape index (κ3) is 21.9. The number of rotatable bonds is 21. The van der Waals surface area contributed by atoms with Gasteiger partial charge in [-0.2, -0.15) is 0 Å². The van der Waals surface area contributed by atoms with Gasteiger partial charge in [0, 0.05) is 12.8 Å². The van der Waals surface area contributed by atoms with Gasteiger partial charge in [0.15, 0.2) is 0 Å². The zero-order valence-electron chi connectivity index (χ0n) is 18.5. The molecule has 0 spiro atoms. The smallest absolute Gasteiger partial charge is 0.319 e. The average molecular weight is 453 g/mol. The molecule has 0 aliphatic rings. The van der Waals surface area contributed by atoms with E-state index >= 15 is 0 Å². The van der Waals surface area contributed by atoms with Gasteiger partial charge in [-0.1, -0.05) is 70.4 Å². The molecule has 0 aromatic carbocycles. The van der Waals surface area contributed by atoms with E-state index in [1.807, 2.05) is 0 Å². The molecule has 0 aliphatic heterocycles. The van der Waals surface area contributed by atoms with Crippen LogP contribution in [0.5, 0.6) is 0 Å². The Bertz CT molecular complexity index is 461. The largest absolute Gasteiger partial charge is 0.463 e. The summed E-state index contributed by atoms with van der Waals surface area (Å²) in [6.07, 6.45) is 16.4. The maximum atomic E-state index is 13.1. The number of hydrogen-bond acceptors (Lipinski definition) is 5. The fourth-order valence-electron chi connectivity index (χ4n) is 3.04. The summed E-state index contributed by atoms with van der Waals surface area (Å²) in [7, 11) is -3.39. The van der Waals surface area contributed by atoms with Crippen molar-refractivity contribution in [2.75, 3.05) is 6.61 Å². The van der Waals surface area contributed by atoms with Gasteiger partial charge >= 0.3 is 14.2 Å². The number of carbonyl (C=O) groups is 1. The van der Waals surface area contributed by atoms with Crippen LogP contribution < -0.4 is 0 Å². The molecular formula is C22H42FO6P. The first-order valence-electron chi connectivity index (χ1n) is 11.5. The van der Waals surface area contributed by atoms with Gasteiger partial charge in [0.05, 0.1) is 6.10 Å². The van der Waals surface area contributed by atoms with Crippen molar-refractivity contribution in [1.82, 2.24) is 0 Å². The van der Waals surface area contributed by atoms with Crippen LogP contribution in [-0.2, 0) is 18.6 Å². The molecule has 0 saturated heterocycles. The van der Waals surface area contributed by atoms with Crippen molar-refractivity contribution in [2.24, 2.45) is 0 Å². The molecule has 6 nitrogen and oxygen atoms in total. The molecule has 0 amide bonds. The van der Waals surface area contributed by atoms with Crippen molar-refractivity contribution in [3.05, 3.63) is 12.2 Å². The molecule has 0 aliphatic carbocycles. The van der Waals surface area contributed by atoms with E-state index in [0.29, 0.717) is 0 Å². The van der Waals surface area contributed by atoms with Gasteiger partial charge in [-0.3, -0.25) is 13.9 Å². The van der Waals surface area contributed by atoms with Gasteiger partial charge in [-0.05, 0) is 32.1 Å². The van der Waals surface area contributed by atoms with Crippen LogP contribution >= 0.6 is 8.25 Å². The summed E-state index contributed by atoms with van der Waals surface area (Å²) in [5.41, 5.74) is 0. The highest BCUT2D eigenvalue weighted by Gasteiger charge is 2.17. The second-order valence-electron chi connectivity index (χ2n) is 7.70. The normalized spacial score (nSPS) is 14.7. The van der Waals surface area contributed by atoms with Crippen LogP contribution in [0.2, 0.25) is 0 Å². The van der Waals surface area contributed by atoms with E-state index in [-0.39, 0.29) is 13.0 Å². The van der Waals surface area contributed by atoms with E-state index in [9.17, 15) is 18.9 Å². The molecule has 2 unspecified atom stereocenters. The van der Waals surface area contributed by atoms with Crippen molar-refractivity contribution in [3.8, 4) is 0 Å². The van der Waals surface area contributed by atoms with Crippen LogP contribution in [-0.4, -0.2) is 35.0 Å². The van der Waals surface area contributed by atoms with Gasteiger partial charge in [0.2, 0.25) is 6.36 Å². The van der Waals surface area contributed by atoms with E-state index in [2.05, 4.69) is 23.6 Å². The lowest BCUT2D eigenvalue weighted by Gasteiger charge is -2.13. The Balaban J connectivity index is 3.42. The molecule has 0 radical (unpaired) electrons. The van der Waals surface area contributed by atoms with E-state index in [4.69, 9.17) is 9.63 Å². The van der Waals surface area contributed by atoms with Crippen molar-refractivity contribution in [2.45, 2.75) is 116 Å². The molecule has 30 heavy (non-hydrogen) atoms. The molecule has 0 heterocycles. The molecule has 0 rings (SSSR count). The molecule has 8 heteroatoms. The number of halogens is 1. The summed E-state index contributed by atoms with van der Waals surface area (Å²) in [6.45, 7) is 1.89. The maximum Gasteiger partial charge on any atom is 0.319 e. The number of hydrogen-bond donors (Lipinski definition) is 2. The van der Waals surface area contributed by atoms with Crippen molar-refractivity contribution in [1.29, 1.82) is 0 Å². The first kappa shape index (κ1) is 29.2. The van der Waals surface area contributed by atoms with Gasteiger partial charge < -0.3 is 14.7 Å². The monoisotopic (exact) mass is 452 g/mol. The summed E-state index contributed by atoms with van der Waals surface area (Å²) in [5, 5.41) is 9.51. The molecule has 0 fully saturated rings. The van der Waals surface area contributed by atoms with Crippen molar-refractivity contribution < 1.29 is 33.0 Å². The highest BCUT2D eigenvalue weighted by Crippen LogP contribution is 2.21. The zero-order chi connectivity index (χ0) is 22.5. The summed E-state index contributed by atoms with van der Waals surface area (Å²) >= 11 is 0. The van der Waals surface area contributed by atoms with E-state index in [1.165, 1.54) is 44.9 Å². The van der Waals surface area contributed by atoms with Gasteiger partial charge in [-0.25, -0.2) is 4.39 Å². The minimum atomic E-state index is -3.39. The fraction of sp³-hybridized carbons (Fsp3) is 0.864. The van der Waals surface area contributed by atoms with Crippen LogP contribution in [0.1, 0.15) is 103 Å². The maximum absolute atomic E-state index is 13.1. The number of aliphatic hydroxyl groups excluding tert-OH is 1. The topological polar surface area (TPSA) is 93.1 Å². The van der Waals surface area contributed by atoms with Crippen LogP contribution in [0.4, 0.5) is 4.39 Å². The Hall–Kier alpha value is -0.750. The molecule has 178 valence electrons. The Morgan fingerprint density at radius 1 is 0.967 bits per heavy atom. The number of carbonyl (C=O) groups excluding carboxylic acids is 1. The van der Waals surface area contributed by atoms with Crippen LogP contribution in [0.15, 0.2) is 12.2 Å². The van der Waals surface area contributed by atoms with Crippen molar-refractivity contribution in [3.63, 3.8) is 0 Å². The molecule has 0 bridgehead atoms. The number of unbranched alkanes of at least 4 members (excludes halogenated alkanes) is 11. The molecule has 0 saturated carbocycles. The Kier molecular flexibility index (Phi) is 20.9. The lowest BCUT2D eigenvalue weighted by molar-refractivity contribution is -0.147. The van der Waals surface area contributed by atoms with Crippen LogP contribution in [0, 0.1) is 0 Å². The van der Waals surface area contributed by atoms with E-state index in [0.717, 1.165) is 38.5 Å². The summed E-state index contributed by atoms with van der Waals surface area (Å²) in [6, 6.07) is 0. The predicted molar refractivity (Wildman–Crippen MR) is 118 cm³/mol. The minimum Gasteiger partial charge on any atom is -0.463 e. The van der Waals surface area contributed by atoms with Gasteiger partial charge in [0.1, 0.15) is 6.61 Å². The third-order valence-corrected chi connectivity index (χ3v) is 5.22. The van der Waals surface area contributed by atoms with Gasteiger partial charge in [0.25, 0.3) is 0 Å². The quantitative estimate of drug-likeness (QED) is 0.0958. The fourth-order valence-corrected chi connectivity index (χ4v) is 3.36. The Morgan fingerprint density at radius 3 is 2.07 bits per heavy atom. The van der Waals surface area contributed by atoms with E-state index in [1.54, 1.807) is 0 Å².